The molecule has 18 heavy (non-hydrogen) atoms. The van der Waals surface area contributed by atoms with Gasteiger partial charge in [0.15, 0.2) is 0 Å². The number of hydrogen-bond donors (Lipinski definition) is 1. The highest BCUT2D eigenvalue weighted by molar-refractivity contribution is 5.77. The summed E-state index contributed by atoms with van der Waals surface area (Å²) in [4.78, 5) is 16.3. The highest BCUT2D eigenvalue weighted by Crippen LogP contribution is 2.04. The summed E-state index contributed by atoms with van der Waals surface area (Å²) < 4.78 is 4.90. The molecule has 1 rings (SSSR count). The molecule has 1 aliphatic rings. The molecule has 0 aliphatic carbocycles. The fourth-order valence-corrected chi connectivity index (χ4v) is 2.20. The minimum Gasteiger partial charge on any atom is -0.383 e. The summed E-state index contributed by atoms with van der Waals surface area (Å²) in [6.45, 7) is 11.5. The fourth-order valence-electron chi connectivity index (χ4n) is 2.20. The molecule has 0 radical (unpaired) electrons. The smallest absolute Gasteiger partial charge is 0.234 e. The first-order valence-electron chi connectivity index (χ1n) is 6.82. The van der Waals surface area contributed by atoms with Gasteiger partial charge in [-0.1, -0.05) is 13.8 Å². The van der Waals surface area contributed by atoms with Gasteiger partial charge >= 0.3 is 0 Å². The lowest BCUT2D eigenvalue weighted by Gasteiger charge is -2.35. The van der Waals surface area contributed by atoms with Crippen molar-refractivity contribution in [2.45, 2.75) is 13.8 Å². The van der Waals surface area contributed by atoms with Crippen molar-refractivity contribution in [3.63, 3.8) is 0 Å². The SMILES string of the molecule is COCCNC(=O)CN1CCN(CC(C)C)CC1. The lowest BCUT2D eigenvalue weighted by molar-refractivity contribution is -0.122. The second-order valence-electron chi connectivity index (χ2n) is 5.31. The first-order valence-corrected chi connectivity index (χ1v) is 6.82. The molecule has 0 unspecified atom stereocenters. The van der Waals surface area contributed by atoms with Gasteiger partial charge in [0.2, 0.25) is 5.91 Å². The van der Waals surface area contributed by atoms with E-state index in [1.165, 1.54) is 0 Å². The van der Waals surface area contributed by atoms with E-state index in [-0.39, 0.29) is 5.91 Å². The number of nitrogens with zero attached hydrogens (tertiary/aromatic N) is 2. The highest BCUT2D eigenvalue weighted by Gasteiger charge is 2.18. The summed E-state index contributed by atoms with van der Waals surface area (Å²) in [7, 11) is 1.64. The Labute approximate surface area is 110 Å². The molecule has 0 atom stereocenters. The summed E-state index contributed by atoms with van der Waals surface area (Å²) in [5, 5.41) is 2.86. The molecular weight excluding hydrogens is 230 g/mol. The van der Waals surface area contributed by atoms with Gasteiger partial charge in [-0.05, 0) is 5.92 Å². The van der Waals surface area contributed by atoms with Crippen molar-refractivity contribution in [3.05, 3.63) is 0 Å². The van der Waals surface area contributed by atoms with E-state index in [1.807, 2.05) is 0 Å². The largest absolute Gasteiger partial charge is 0.383 e. The van der Waals surface area contributed by atoms with Gasteiger partial charge in [0.05, 0.1) is 13.2 Å². The summed E-state index contributed by atoms with van der Waals surface area (Å²) in [5.74, 6) is 0.818. The van der Waals surface area contributed by atoms with Crippen LogP contribution in [-0.2, 0) is 9.53 Å². The third kappa shape index (κ3) is 6.33. The van der Waals surface area contributed by atoms with Gasteiger partial charge in [-0.2, -0.15) is 0 Å². The summed E-state index contributed by atoms with van der Waals surface area (Å²) in [6.07, 6.45) is 0. The van der Waals surface area contributed by atoms with Crippen LogP contribution in [0.1, 0.15) is 13.8 Å². The lowest BCUT2D eigenvalue weighted by Crippen LogP contribution is -2.50. The topological polar surface area (TPSA) is 44.8 Å². The number of ether oxygens (including phenoxy) is 1. The van der Waals surface area contributed by atoms with Crippen molar-refractivity contribution in [1.29, 1.82) is 0 Å². The van der Waals surface area contributed by atoms with Crippen LogP contribution in [0.5, 0.6) is 0 Å². The van der Waals surface area contributed by atoms with Gasteiger partial charge in [0, 0.05) is 46.4 Å². The second-order valence-corrected chi connectivity index (χ2v) is 5.31. The van der Waals surface area contributed by atoms with Crippen LogP contribution in [0.25, 0.3) is 0 Å². The van der Waals surface area contributed by atoms with E-state index in [2.05, 4.69) is 29.0 Å². The van der Waals surface area contributed by atoms with Crippen LogP contribution in [-0.4, -0.2) is 75.2 Å². The number of rotatable bonds is 7. The third-order valence-electron chi connectivity index (χ3n) is 3.08. The van der Waals surface area contributed by atoms with E-state index in [4.69, 9.17) is 4.74 Å². The molecule has 1 amide bonds. The van der Waals surface area contributed by atoms with Gasteiger partial charge in [-0.25, -0.2) is 0 Å². The van der Waals surface area contributed by atoms with E-state index in [0.717, 1.165) is 32.7 Å². The molecule has 5 heteroatoms. The number of nitrogens with one attached hydrogen (secondary N) is 1. The molecule has 1 saturated heterocycles. The Balaban J connectivity index is 2.13. The van der Waals surface area contributed by atoms with Crippen LogP contribution in [0, 0.1) is 5.92 Å². The molecule has 0 aromatic carbocycles. The minimum absolute atomic E-state index is 0.101. The van der Waals surface area contributed by atoms with Crippen LogP contribution < -0.4 is 5.32 Å². The van der Waals surface area contributed by atoms with Crippen LogP contribution in [0.2, 0.25) is 0 Å². The summed E-state index contributed by atoms with van der Waals surface area (Å²) >= 11 is 0. The van der Waals surface area contributed by atoms with Gasteiger partial charge in [0.1, 0.15) is 0 Å². The Morgan fingerprint density at radius 3 is 2.39 bits per heavy atom. The first kappa shape index (κ1) is 15.4. The summed E-state index contributed by atoms with van der Waals surface area (Å²) in [6, 6.07) is 0. The zero-order valence-electron chi connectivity index (χ0n) is 11.9. The zero-order valence-corrected chi connectivity index (χ0v) is 11.9. The van der Waals surface area contributed by atoms with Crippen LogP contribution >= 0.6 is 0 Å². The predicted molar refractivity (Wildman–Crippen MR) is 72.6 cm³/mol. The zero-order chi connectivity index (χ0) is 13.4. The average molecular weight is 257 g/mol. The molecule has 0 aromatic heterocycles. The Morgan fingerprint density at radius 2 is 1.83 bits per heavy atom. The van der Waals surface area contributed by atoms with Crippen LogP contribution in [0.3, 0.4) is 0 Å². The first-order chi connectivity index (χ1) is 8.61. The van der Waals surface area contributed by atoms with Gasteiger partial charge in [-0.15, -0.1) is 0 Å². The number of methoxy groups -OCH3 is 1. The standard InChI is InChI=1S/C13H27N3O2/c1-12(2)10-15-5-7-16(8-6-15)11-13(17)14-4-9-18-3/h12H,4-11H2,1-3H3,(H,14,17). The van der Waals surface area contributed by atoms with E-state index in [9.17, 15) is 4.79 Å². The fraction of sp³-hybridized carbons (Fsp3) is 0.923. The number of amides is 1. The third-order valence-corrected chi connectivity index (χ3v) is 3.08. The maximum Gasteiger partial charge on any atom is 0.234 e. The molecule has 0 aromatic rings. The Hall–Kier alpha value is -0.650. The Kier molecular flexibility index (Phi) is 7.23. The Bertz CT molecular complexity index is 238. The van der Waals surface area contributed by atoms with Crippen LogP contribution in [0.4, 0.5) is 0 Å². The average Bonchev–Trinajstić information content (AvgIpc) is 2.31. The van der Waals surface area contributed by atoms with E-state index in [0.29, 0.717) is 25.6 Å². The van der Waals surface area contributed by atoms with Crippen LogP contribution in [0.15, 0.2) is 0 Å². The van der Waals surface area contributed by atoms with Crippen molar-refractivity contribution in [3.8, 4) is 0 Å². The van der Waals surface area contributed by atoms with Gasteiger partial charge in [-0.3, -0.25) is 9.69 Å². The van der Waals surface area contributed by atoms with Gasteiger partial charge in [0.25, 0.3) is 0 Å². The quantitative estimate of drug-likeness (QED) is 0.653. The number of piperazine rings is 1. The Morgan fingerprint density at radius 1 is 1.22 bits per heavy atom. The molecule has 1 fully saturated rings. The molecule has 0 bridgehead atoms. The number of carbonyl (C=O) groups is 1. The predicted octanol–water partition coefficient (Wildman–Crippen LogP) is 0.0226. The molecule has 1 heterocycles. The molecule has 106 valence electrons. The molecular formula is C13H27N3O2. The monoisotopic (exact) mass is 257 g/mol. The lowest BCUT2D eigenvalue weighted by atomic mass is 10.2. The van der Waals surface area contributed by atoms with E-state index >= 15 is 0 Å². The van der Waals surface area contributed by atoms with Crippen molar-refractivity contribution in [2.75, 3.05) is 59.5 Å². The maximum absolute atomic E-state index is 11.6. The van der Waals surface area contributed by atoms with Crippen molar-refractivity contribution in [1.82, 2.24) is 15.1 Å². The van der Waals surface area contributed by atoms with Crippen molar-refractivity contribution in [2.24, 2.45) is 5.92 Å². The van der Waals surface area contributed by atoms with E-state index < -0.39 is 0 Å². The molecule has 0 saturated carbocycles. The van der Waals surface area contributed by atoms with Crippen molar-refractivity contribution >= 4 is 5.91 Å². The number of carbonyl (C=O) groups excluding carboxylic acids is 1. The molecule has 1 N–H and O–H groups in total. The normalized spacial score (nSPS) is 18.2. The minimum atomic E-state index is 0.101. The molecule has 0 spiro atoms. The molecule has 5 nitrogen and oxygen atoms in total. The second kappa shape index (κ2) is 8.45. The van der Waals surface area contributed by atoms with Gasteiger partial charge < -0.3 is 15.0 Å². The maximum atomic E-state index is 11.6. The number of hydrogen-bond acceptors (Lipinski definition) is 4. The summed E-state index contributed by atoms with van der Waals surface area (Å²) in [5.41, 5.74) is 0. The highest BCUT2D eigenvalue weighted by atomic mass is 16.5. The molecule has 1 aliphatic heterocycles. The van der Waals surface area contributed by atoms with Crippen molar-refractivity contribution < 1.29 is 9.53 Å². The van der Waals surface area contributed by atoms with E-state index in [1.54, 1.807) is 7.11 Å².